The highest BCUT2D eigenvalue weighted by atomic mass is 79.9. The Balaban J connectivity index is 1.76. The molecule has 1 aliphatic rings. The number of rotatable bonds is 7. The fourth-order valence-electron chi connectivity index (χ4n) is 3.01. The second-order valence-corrected chi connectivity index (χ2v) is 10.1. The molecule has 0 atom stereocenters. The molecule has 3 rings (SSSR count). The standard InChI is InChI=1S/C18H17Br2N3O5S/c19-15-9-13(23(25)26)10-16(20)18(15)21-11-17(24)12-4-3-5-14(8-12)29(27,28)22-6-1-2-7-22/h3-5,8-10,21H,1-2,6-7,11H2. The van der Waals surface area contributed by atoms with Crippen LogP contribution in [0, 0.1) is 10.1 Å². The van der Waals surface area contributed by atoms with Crippen molar-refractivity contribution in [1.29, 1.82) is 0 Å². The molecule has 0 radical (unpaired) electrons. The Morgan fingerprint density at radius 1 is 1.14 bits per heavy atom. The van der Waals surface area contributed by atoms with Crippen molar-refractivity contribution in [3.63, 3.8) is 0 Å². The van der Waals surface area contributed by atoms with Gasteiger partial charge in [0, 0.05) is 39.7 Å². The molecule has 29 heavy (non-hydrogen) atoms. The Hall–Kier alpha value is -1.82. The number of nitrogens with zero attached hydrogens (tertiary/aromatic N) is 2. The fourth-order valence-corrected chi connectivity index (χ4v) is 6.02. The van der Waals surface area contributed by atoms with Crippen molar-refractivity contribution in [2.45, 2.75) is 17.7 Å². The summed E-state index contributed by atoms with van der Waals surface area (Å²) in [5.74, 6) is -0.305. The van der Waals surface area contributed by atoms with Gasteiger partial charge in [0.1, 0.15) is 0 Å². The minimum Gasteiger partial charge on any atom is -0.376 e. The molecular formula is C18H17Br2N3O5S. The fraction of sp³-hybridized carbons (Fsp3) is 0.278. The van der Waals surface area contributed by atoms with Crippen LogP contribution in [-0.2, 0) is 10.0 Å². The highest BCUT2D eigenvalue weighted by Gasteiger charge is 2.27. The van der Waals surface area contributed by atoms with Crippen molar-refractivity contribution in [3.05, 3.63) is 61.0 Å². The third-order valence-electron chi connectivity index (χ3n) is 4.52. The van der Waals surface area contributed by atoms with E-state index in [1.807, 2.05) is 0 Å². The van der Waals surface area contributed by atoms with Gasteiger partial charge >= 0.3 is 0 Å². The van der Waals surface area contributed by atoms with E-state index in [2.05, 4.69) is 37.2 Å². The highest BCUT2D eigenvalue weighted by Crippen LogP contribution is 2.35. The monoisotopic (exact) mass is 545 g/mol. The Morgan fingerprint density at radius 3 is 2.34 bits per heavy atom. The summed E-state index contributed by atoms with van der Waals surface area (Å²) >= 11 is 6.51. The zero-order valence-electron chi connectivity index (χ0n) is 15.1. The zero-order valence-corrected chi connectivity index (χ0v) is 19.1. The van der Waals surface area contributed by atoms with Crippen molar-refractivity contribution >= 4 is 59.0 Å². The number of non-ortho nitro benzene ring substituents is 1. The summed E-state index contributed by atoms with van der Waals surface area (Å²) in [4.78, 5) is 23.1. The normalized spacial score (nSPS) is 14.7. The number of halogens is 2. The average molecular weight is 547 g/mol. The largest absolute Gasteiger partial charge is 0.376 e. The Bertz CT molecular complexity index is 1050. The number of ketones is 1. The lowest BCUT2D eigenvalue weighted by Gasteiger charge is -2.16. The van der Waals surface area contributed by atoms with E-state index in [1.165, 1.54) is 28.6 Å². The molecule has 0 spiro atoms. The van der Waals surface area contributed by atoms with Crippen LogP contribution >= 0.6 is 31.9 Å². The number of carbonyl (C=O) groups is 1. The molecule has 0 amide bonds. The SMILES string of the molecule is O=C(CNc1c(Br)cc([N+](=O)[O-])cc1Br)c1cccc(S(=O)(=O)N2CCCC2)c1. The number of carbonyl (C=O) groups excluding carboxylic acids is 1. The molecule has 154 valence electrons. The molecule has 2 aromatic rings. The predicted octanol–water partition coefficient (Wildman–Crippen LogP) is 4.20. The summed E-state index contributed by atoms with van der Waals surface area (Å²) in [7, 11) is -3.61. The summed E-state index contributed by atoms with van der Waals surface area (Å²) in [6, 6.07) is 8.65. The van der Waals surface area contributed by atoms with Crippen LogP contribution in [0.15, 0.2) is 50.2 Å². The number of hydrogen-bond acceptors (Lipinski definition) is 6. The Morgan fingerprint density at radius 2 is 1.76 bits per heavy atom. The summed E-state index contributed by atoms with van der Waals surface area (Å²) in [5, 5.41) is 13.8. The highest BCUT2D eigenvalue weighted by molar-refractivity contribution is 9.11. The third kappa shape index (κ3) is 4.85. The van der Waals surface area contributed by atoms with E-state index in [0.29, 0.717) is 27.7 Å². The summed E-state index contributed by atoms with van der Waals surface area (Å²) in [6.07, 6.45) is 1.67. The van der Waals surface area contributed by atoms with Crippen LogP contribution in [0.1, 0.15) is 23.2 Å². The van der Waals surface area contributed by atoms with E-state index >= 15 is 0 Å². The van der Waals surface area contributed by atoms with Gasteiger partial charge in [-0.2, -0.15) is 4.31 Å². The molecule has 0 aliphatic carbocycles. The van der Waals surface area contributed by atoms with Crippen molar-refractivity contribution in [2.75, 3.05) is 25.0 Å². The molecule has 1 aliphatic heterocycles. The van der Waals surface area contributed by atoms with E-state index in [0.717, 1.165) is 12.8 Å². The van der Waals surface area contributed by atoms with E-state index in [9.17, 15) is 23.3 Å². The van der Waals surface area contributed by atoms with E-state index in [4.69, 9.17) is 0 Å². The number of nitrogens with one attached hydrogen (secondary N) is 1. The van der Waals surface area contributed by atoms with E-state index in [-0.39, 0.29) is 28.5 Å². The summed E-state index contributed by atoms with van der Waals surface area (Å²) in [5.41, 5.74) is 0.664. The van der Waals surface area contributed by atoms with Crippen molar-refractivity contribution in [3.8, 4) is 0 Å². The molecule has 2 aromatic carbocycles. The van der Waals surface area contributed by atoms with Crippen LogP contribution in [-0.4, -0.2) is 43.1 Å². The number of anilines is 1. The maximum atomic E-state index is 12.7. The molecule has 1 saturated heterocycles. The van der Waals surface area contributed by atoms with Gasteiger partial charge in [0.25, 0.3) is 5.69 Å². The number of benzene rings is 2. The first-order chi connectivity index (χ1) is 13.7. The van der Waals surface area contributed by atoms with Crippen molar-refractivity contribution in [2.24, 2.45) is 0 Å². The van der Waals surface area contributed by atoms with Gasteiger partial charge in [0.05, 0.1) is 22.1 Å². The minimum atomic E-state index is -3.61. The average Bonchev–Trinajstić information content (AvgIpc) is 3.22. The Labute approximate surface area is 184 Å². The van der Waals surface area contributed by atoms with Crippen LogP contribution in [0.2, 0.25) is 0 Å². The third-order valence-corrected chi connectivity index (χ3v) is 7.67. The number of nitro groups is 1. The Kier molecular flexibility index (Phi) is 6.72. The lowest BCUT2D eigenvalue weighted by atomic mass is 10.1. The van der Waals surface area contributed by atoms with E-state index < -0.39 is 14.9 Å². The molecule has 0 saturated carbocycles. The first kappa shape index (κ1) is 21.9. The van der Waals surface area contributed by atoms with Crippen LogP contribution in [0.5, 0.6) is 0 Å². The van der Waals surface area contributed by atoms with Gasteiger partial charge in [-0.1, -0.05) is 12.1 Å². The van der Waals surface area contributed by atoms with Gasteiger partial charge in [0.15, 0.2) is 5.78 Å². The van der Waals surface area contributed by atoms with Gasteiger partial charge in [-0.25, -0.2) is 8.42 Å². The quantitative estimate of drug-likeness (QED) is 0.316. The summed E-state index contributed by atoms with van der Waals surface area (Å²) in [6.45, 7) is 0.872. The topological polar surface area (TPSA) is 110 Å². The molecule has 8 nitrogen and oxygen atoms in total. The maximum Gasteiger partial charge on any atom is 0.271 e. The summed E-state index contributed by atoms with van der Waals surface area (Å²) < 4.78 is 27.7. The molecular weight excluding hydrogens is 530 g/mol. The van der Waals surface area contributed by atoms with Gasteiger partial charge in [0.2, 0.25) is 10.0 Å². The molecule has 0 bridgehead atoms. The van der Waals surface area contributed by atoms with Crippen molar-refractivity contribution in [1.82, 2.24) is 4.31 Å². The molecule has 11 heteroatoms. The first-order valence-electron chi connectivity index (χ1n) is 8.71. The molecule has 1 fully saturated rings. The zero-order chi connectivity index (χ0) is 21.2. The molecule has 0 aromatic heterocycles. The van der Waals surface area contributed by atoms with E-state index in [1.54, 1.807) is 12.1 Å². The van der Waals surface area contributed by atoms with Crippen molar-refractivity contribution < 1.29 is 18.1 Å². The maximum absolute atomic E-state index is 12.7. The lowest BCUT2D eigenvalue weighted by Crippen LogP contribution is -2.28. The lowest BCUT2D eigenvalue weighted by molar-refractivity contribution is -0.385. The first-order valence-corrected chi connectivity index (χ1v) is 11.7. The molecule has 1 N–H and O–H groups in total. The number of Topliss-reactive ketones (excluding diaryl/α,β-unsaturated/α-hetero) is 1. The van der Waals surface area contributed by atoms with Gasteiger partial charge in [-0.3, -0.25) is 14.9 Å². The van der Waals surface area contributed by atoms with Crippen LogP contribution in [0.4, 0.5) is 11.4 Å². The van der Waals surface area contributed by atoms with Gasteiger partial charge in [-0.05, 0) is 56.8 Å². The smallest absolute Gasteiger partial charge is 0.271 e. The number of hydrogen-bond donors (Lipinski definition) is 1. The minimum absolute atomic E-state index is 0.0968. The number of nitro benzene ring substituents is 1. The second-order valence-electron chi connectivity index (χ2n) is 6.46. The molecule has 0 unspecified atom stereocenters. The van der Waals surface area contributed by atoms with Gasteiger partial charge in [-0.15, -0.1) is 0 Å². The van der Waals surface area contributed by atoms with Crippen LogP contribution in [0.25, 0.3) is 0 Å². The van der Waals surface area contributed by atoms with Crippen LogP contribution in [0.3, 0.4) is 0 Å². The van der Waals surface area contributed by atoms with Crippen LogP contribution < -0.4 is 5.32 Å². The molecule has 1 heterocycles. The number of sulfonamides is 1. The second kappa shape index (κ2) is 8.90. The van der Waals surface area contributed by atoms with Gasteiger partial charge < -0.3 is 5.32 Å². The predicted molar refractivity (Wildman–Crippen MR) is 116 cm³/mol.